The first kappa shape index (κ1) is 21.6. The van der Waals surface area contributed by atoms with E-state index in [1.807, 2.05) is 31.3 Å². The number of nitrogens with one attached hydrogen (secondary N) is 3. The second-order valence-corrected chi connectivity index (χ2v) is 8.44. The summed E-state index contributed by atoms with van der Waals surface area (Å²) in [6.45, 7) is 6.06. The molecule has 0 aliphatic heterocycles. The molecule has 5 heterocycles. The molecule has 0 atom stereocenters. The number of fused-ring (bicyclic) bond motifs is 2. The third-order valence-corrected chi connectivity index (χ3v) is 6.02. The average Bonchev–Trinajstić information content (AvgIpc) is 3.52. The van der Waals surface area contributed by atoms with Crippen LogP contribution in [0.1, 0.15) is 13.3 Å². The number of benzene rings is 1. The van der Waals surface area contributed by atoms with Gasteiger partial charge in [-0.3, -0.25) is 20.1 Å². The van der Waals surface area contributed by atoms with Crippen LogP contribution in [-0.2, 0) is 0 Å². The molecule has 6 aromatic rings. The molecule has 9 heteroatoms. The van der Waals surface area contributed by atoms with Gasteiger partial charge in [0.1, 0.15) is 17.0 Å². The van der Waals surface area contributed by atoms with Crippen LogP contribution >= 0.6 is 0 Å². The summed E-state index contributed by atoms with van der Waals surface area (Å²) >= 11 is 0. The second kappa shape index (κ2) is 8.70. The fraction of sp³-hybridized carbons (Fsp3) is 0.0741. The maximum atomic E-state index is 13.8. The predicted molar refractivity (Wildman–Crippen MR) is 138 cm³/mol. The van der Waals surface area contributed by atoms with Gasteiger partial charge in [-0.2, -0.15) is 5.10 Å². The second-order valence-electron chi connectivity index (χ2n) is 8.44. The number of aromatic amines is 2. The molecular weight excluding hydrogens is 455 g/mol. The van der Waals surface area contributed by atoms with Gasteiger partial charge in [0.15, 0.2) is 5.82 Å². The summed E-state index contributed by atoms with van der Waals surface area (Å²) in [6, 6.07) is 9.53. The van der Waals surface area contributed by atoms with Crippen molar-refractivity contribution in [2.75, 3.05) is 5.32 Å². The van der Waals surface area contributed by atoms with E-state index in [0.717, 1.165) is 45.4 Å². The molecule has 3 N–H and O–H groups in total. The molecule has 0 amide bonds. The van der Waals surface area contributed by atoms with E-state index in [-0.39, 0.29) is 0 Å². The van der Waals surface area contributed by atoms with Crippen LogP contribution in [0.5, 0.6) is 0 Å². The Labute approximate surface area is 205 Å². The molecule has 6 rings (SSSR count). The molecule has 5 aromatic heterocycles. The van der Waals surface area contributed by atoms with E-state index in [9.17, 15) is 4.39 Å². The Morgan fingerprint density at radius 1 is 0.917 bits per heavy atom. The van der Waals surface area contributed by atoms with E-state index < -0.39 is 5.82 Å². The van der Waals surface area contributed by atoms with Crippen LogP contribution < -0.4 is 5.32 Å². The first-order chi connectivity index (χ1) is 17.6. The zero-order valence-electron chi connectivity index (χ0n) is 19.4. The lowest BCUT2D eigenvalue weighted by molar-refractivity contribution is 0.622. The number of rotatable bonds is 6. The van der Waals surface area contributed by atoms with E-state index >= 15 is 0 Å². The molecule has 0 unspecified atom stereocenters. The normalized spacial score (nSPS) is 11.3. The molecule has 0 saturated carbocycles. The lowest BCUT2D eigenvalue weighted by Gasteiger charge is -2.09. The summed E-state index contributed by atoms with van der Waals surface area (Å²) in [6.07, 6.45) is 10.5. The number of halogens is 1. The van der Waals surface area contributed by atoms with Gasteiger partial charge in [-0.05, 0) is 36.2 Å². The van der Waals surface area contributed by atoms with Crippen molar-refractivity contribution in [3.8, 4) is 33.8 Å². The molecule has 8 nitrogen and oxygen atoms in total. The van der Waals surface area contributed by atoms with Gasteiger partial charge in [-0.15, -0.1) is 0 Å². The fourth-order valence-electron chi connectivity index (χ4n) is 4.15. The van der Waals surface area contributed by atoms with Crippen molar-refractivity contribution in [3.05, 3.63) is 85.6 Å². The van der Waals surface area contributed by atoms with Crippen molar-refractivity contribution in [3.63, 3.8) is 0 Å². The summed E-state index contributed by atoms with van der Waals surface area (Å²) < 4.78 is 13.8. The van der Waals surface area contributed by atoms with Gasteiger partial charge >= 0.3 is 0 Å². The Bertz CT molecular complexity index is 1750. The number of H-pyrrole nitrogens is 2. The molecule has 0 bridgehead atoms. The van der Waals surface area contributed by atoms with Crippen LogP contribution in [0.25, 0.3) is 55.7 Å². The summed E-state index contributed by atoms with van der Waals surface area (Å²) in [7, 11) is 0. The van der Waals surface area contributed by atoms with Crippen molar-refractivity contribution in [1.82, 2.24) is 35.1 Å². The summed E-state index contributed by atoms with van der Waals surface area (Å²) in [4.78, 5) is 20.8. The fourth-order valence-corrected chi connectivity index (χ4v) is 4.15. The summed E-state index contributed by atoms with van der Waals surface area (Å²) in [5, 5.41) is 11.8. The summed E-state index contributed by atoms with van der Waals surface area (Å²) in [5.41, 5.74) is 8.00. The van der Waals surface area contributed by atoms with Gasteiger partial charge in [0.25, 0.3) is 0 Å². The lowest BCUT2D eigenvalue weighted by atomic mass is 10.0. The highest BCUT2D eigenvalue weighted by Crippen LogP contribution is 2.33. The van der Waals surface area contributed by atoms with Crippen LogP contribution in [0.2, 0.25) is 0 Å². The zero-order valence-corrected chi connectivity index (χ0v) is 19.4. The van der Waals surface area contributed by atoms with Crippen molar-refractivity contribution in [1.29, 1.82) is 0 Å². The van der Waals surface area contributed by atoms with Crippen LogP contribution in [0.4, 0.5) is 10.1 Å². The largest absolute Gasteiger partial charge is 0.358 e. The first-order valence-corrected chi connectivity index (χ1v) is 11.4. The minimum absolute atomic E-state index is 0.418. The first-order valence-electron chi connectivity index (χ1n) is 11.4. The molecular formula is C27H21FN8. The molecule has 0 spiro atoms. The number of imidazole rings is 1. The number of aromatic nitrogens is 7. The number of allylic oxidation sites excluding steroid dienone is 1. The van der Waals surface area contributed by atoms with Crippen LogP contribution in [0.15, 0.2) is 79.8 Å². The van der Waals surface area contributed by atoms with Gasteiger partial charge in [0.2, 0.25) is 0 Å². The number of anilines is 1. The van der Waals surface area contributed by atoms with E-state index in [2.05, 4.69) is 48.1 Å². The lowest BCUT2D eigenvalue weighted by Crippen LogP contribution is -1.97. The van der Waals surface area contributed by atoms with Crippen LogP contribution in [-0.4, -0.2) is 35.1 Å². The van der Waals surface area contributed by atoms with Gasteiger partial charge in [-0.1, -0.05) is 19.6 Å². The minimum atomic E-state index is -0.418. The third kappa shape index (κ3) is 3.86. The van der Waals surface area contributed by atoms with Crippen molar-refractivity contribution >= 4 is 27.6 Å². The predicted octanol–water partition coefficient (Wildman–Crippen LogP) is 6.10. The zero-order chi connectivity index (χ0) is 24.6. The van der Waals surface area contributed by atoms with Crippen LogP contribution in [0.3, 0.4) is 0 Å². The molecule has 0 saturated heterocycles. The minimum Gasteiger partial charge on any atom is -0.358 e. The molecule has 0 aliphatic rings. The Kier molecular flexibility index (Phi) is 5.22. The topological polar surface area (TPSA) is 108 Å². The average molecular weight is 477 g/mol. The highest BCUT2D eigenvalue weighted by molar-refractivity contribution is 5.98. The number of hydrogen-bond acceptors (Lipinski definition) is 6. The number of pyridine rings is 3. The monoisotopic (exact) mass is 476 g/mol. The van der Waals surface area contributed by atoms with E-state index in [4.69, 9.17) is 4.98 Å². The van der Waals surface area contributed by atoms with E-state index in [1.165, 1.54) is 12.3 Å². The smallest absolute Gasteiger partial charge is 0.159 e. The third-order valence-electron chi connectivity index (χ3n) is 6.02. The maximum Gasteiger partial charge on any atom is 0.159 e. The number of hydrogen-bond donors (Lipinski definition) is 3. The Morgan fingerprint density at radius 3 is 2.61 bits per heavy atom. The molecule has 176 valence electrons. The van der Waals surface area contributed by atoms with Crippen molar-refractivity contribution in [2.24, 2.45) is 0 Å². The standard InChI is InChI=1S/C27H21FN8/c1-3-15(2)32-20-7-17(9-30-12-20)16-4-5-23-21(8-16)26(36-35-23)27-33-24-14-31-13-22(25(24)34-27)18-6-19(28)11-29-10-18/h4-14,32H,2-3H2,1H3,(H,33,34)(H,35,36). The van der Waals surface area contributed by atoms with Crippen LogP contribution in [0, 0.1) is 5.82 Å². The molecule has 0 fully saturated rings. The van der Waals surface area contributed by atoms with Gasteiger partial charge in [-0.25, -0.2) is 9.37 Å². The van der Waals surface area contributed by atoms with E-state index in [1.54, 1.807) is 24.8 Å². The van der Waals surface area contributed by atoms with Gasteiger partial charge < -0.3 is 10.3 Å². The Morgan fingerprint density at radius 2 is 1.75 bits per heavy atom. The highest BCUT2D eigenvalue weighted by Gasteiger charge is 2.16. The van der Waals surface area contributed by atoms with Gasteiger partial charge in [0, 0.05) is 46.4 Å². The van der Waals surface area contributed by atoms with E-state index in [0.29, 0.717) is 28.2 Å². The van der Waals surface area contributed by atoms with Gasteiger partial charge in [0.05, 0.1) is 35.3 Å². The molecule has 36 heavy (non-hydrogen) atoms. The SMILES string of the molecule is C=C(CC)Nc1cncc(-c2ccc3[nH]nc(-c4nc5c(-c6cncc(F)c6)cncc5[nH]4)c3c2)c1. The molecule has 0 radical (unpaired) electrons. The Hall–Kier alpha value is -4.92. The quantitative estimate of drug-likeness (QED) is 0.268. The van der Waals surface area contributed by atoms with Crippen molar-refractivity contribution in [2.45, 2.75) is 13.3 Å². The molecule has 0 aliphatic carbocycles. The maximum absolute atomic E-state index is 13.8. The molecule has 1 aromatic carbocycles. The number of nitrogens with zero attached hydrogens (tertiary/aromatic N) is 5. The highest BCUT2D eigenvalue weighted by atomic mass is 19.1. The van der Waals surface area contributed by atoms with Crippen molar-refractivity contribution < 1.29 is 4.39 Å². The Balaban J connectivity index is 1.43. The summed E-state index contributed by atoms with van der Waals surface area (Å²) in [5.74, 6) is 0.165.